The van der Waals surface area contributed by atoms with Crippen molar-refractivity contribution in [1.82, 2.24) is 14.5 Å². The van der Waals surface area contributed by atoms with Crippen LogP contribution in [0, 0.1) is 0 Å². The molecule has 0 spiro atoms. The van der Waals surface area contributed by atoms with Gasteiger partial charge in [-0.3, -0.25) is 0 Å². The Balaban J connectivity index is 1.67. The van der Waals surface area contributed by atoms with Gasteiger partial charge in [-0.05, 0) is 0 Å². The van der Waals surface area contributed by atoms with Gasteiger partial charge in [-0.2, -0.15) is 8.78 Å². The average molecular weight is 441 g/mol. The first-order valence-electron chi connectivity index (χ1n) is 7.48. The molecule has 0 atom stereocenters. The van der Waals surface area contributed by atoms with Gasteiger partial charge in [0, 0.05) is 0 Å². The van der Waals surface area contributed by atoms with Gasteiger partial charge in [0.15, 0.2) is 0 Å². The molecule has 1 aliphatic heterocycles. The van der Waals surface area contributed by atoms with Gasteiger partial charge in [0.2, 0.25) is 0 Å². The molecule has 1 aromatic carbocycles. The SMILES string of the molecule is O=C(Nc1cn(-c2cccc(OC(F)F)c2)cn1)N1C[CH2][Sn][CH2]C1. The van der Waals surface area contributed by atoms with Crippen LogP contribution < -0.4 is 10.1 Å². The second-order valence-electron chi connectivity index (χ2n) is 5.21. The van der Waals surface area contributed by atoms with Gasteiger partial charge in [-0.1, -0.05) is 0 Å². The van der Waals surface area contributed by atoms with Gasteiger partial charge in [0.1, 0.15) is 0 Å². The fourth-order valence-electron chi connectivity index (χ4n) is 2.41. The van der Waals surface area contributed by atoms with E-state index in [1.54, 1.807) is 27.8 Å². The number of alkyl halides is 2. The van der Waals surface area contributed by atoms with Crippen LogP contribution in [0.25, 0.3) is 5.69 Å². The Hall–Kier alpha value is -1.84. The van der Waals surface area contributed by atoms with E-state index in [2.05, 4.69) is 15.0 Å². The monoisotopic (exact) mass is 442 g/mol. The fourth-order valence-corrected chi connectivity index (χ4v) is 5.56. The van der Waals surface area contributed by atoms with Crippen molar-refractivity contribution < 1.29 is 18.3 Å². The molecule has 1 aliphatic rings. The molecule has 1 N–H and O–H groups in total. The second-order valence-corrected chi connectivity index (χ2v) is 9.49. The molecule has 24 heavy (non-hydrogen) atoms. The van der Waals surface area contributed by atoms with E-state index in [4.69, 9.17) is 0 Å². The third-order valence-electron chi connectivity index (χ3n) is 3.56. The number of imidazole rings is 1. The summed E-state index contributed by atoms with van der Waals surface area (Å²) in [6.07, 6.45) is 3.15. The van der Waals surface area contributed by atoms with Crippen LogP contribution in [0.5, 0.6) is 5.75 Å². The molecule has 1 fully saturated rings. The molecule has 9 heteroatoms. The number of ether oxygens (including phenoxy) is 1. The number of benzene rings is 1. The van der Waals surface area contributed by atoms with Gasteiger partial charge in [0.25, 0.3) is 0 Å². The molecule has 1 saturated heterocycles. The molecule has 6 nitrogen and oxygen atoms in total. The number of urea groups is 1. The summed E-state index contributed by atoms with van der Waals surface area (Å²) < 4.78 is 33.0. The molecule has 3 rings (SSSR count). The minimum absolute atomic E-state index is 0.0696. The standard InChI is InChI=1S/C15H16F2N4O2.Sn/c1-3-20(4-2)15(22)19-13-9-21(10-18-13)11-6-5-7-12(8-11)23-14(16)17;/h5-10,14H,1-4H2,(H,19,22);. The number of hydrogen-bond donors (Lipinski definition) is 1. The predicted octanol–water partition coefficient (Wildman–Crippen LogP) is 2.86. The summed E-state index contributed by atoms with van der Waals surface area (Å²) in [5, 5.41) is 2.77. The van der Waals surface area contributed by atoms with E-state index in [9.17, 15) is 13.6 Å². The van der Waals surface area contributed by atoms with Crippen LogP contribution in [-0.4, -0.2) is 61.3 Å². The molecule has 2 aromatic rings. The summed E-state index contributed by atoms with van der Waals surface area (Å²) >= 11 is -0.227. The van der Waals surface area contributed by atoms with Gasteiger partial charge < -0.3 is 0 Å². The Bertz CT molecular complexity index is 704. The number of nitrogens with one attached hydrogen (secondary N) is 1. The Morgan fingerprint density at radius 1 is 1.33 bits per heavy atom. The maximum atomic E-state index is 12.3. The molecule has 2 amide bonds. The van der Waals surface area contributed by atoms with Gasteiger partial charge in [-0.15, -0.1) is 0 Å². The molecule has 126 valence electrons. The number of nitrogens with zero attached hydrogens (tertiary/aromatic N) is 3. The van der Waals surface area contributed by atoms with E-state index in [0.29, 0.717) is 11.5 Å². The van der Waals surface area contributed by atoms with Crippen molar-refractivity contribution in [2.24, 2.45) is 0 Å². The van der Waals surface area contributed by atoms with E-state index in [1.165, 1.54) is 27.3 Å². The summed E-state index contributed by atoms with van der Waals surface area (Å²) in [5.41, 5.74) is 0.617. The van der Waals surface area contributed by atoms with Crippen LogP contribution in [0.2, 0.25) is 8.87 Å². The number of halogens is 2. The average Bonchev–Trinajstić information content (AvgIpc) is 3.04. The van der Waals surface area contributed by atoms with Gasteiger partial charge in [0.05, 0.1) is 0 Å². The van der Waals surface area contributed by atoms with Crippen molar-refractivity contribution in [2.75, 3.05) is 18.4 Å². The molecular formula is C15H16F2N4O2Sn. The topological polar surface area (TPSA) is 59.4 Å². The molecular weight excluding hydrogens is 425 g/mol. The number of carbonyl (C=O) groups is 1. The Labute approximate surface area is 148 Å². The van der Waals surface area contributed by atoms with Crippen molar-refractivity contribution in [3.8, 4) is 11.4 Å². The fraction of sp³-hybridized carbons (Fsp3) is 0.333. The minimum atomic E-state index is -2.87. The van der Waals surface area contributed by atoms with E-state index >= 15 is 0 Å². The normalized spacial score (nSPS) is 14.7. The zero-order valence-electron chi connectivity index (χ0n) is 12.8. The van der Waals surface area contributed by atoms with Crippen LogP contribution in [0.1, 0.15) is 0 Å². The first-order valence-corrected chi connectivity index (χ1v) is 11.5. The zero-order chi connectivity index (χ0) is 16.9. The van der Waals surface area contributed by atoms with Crippen LogP contribution in [0.4, 0.5) is 19.4 Å². The van der Waals surface area contributed by atoms with E-state index in [0.717, 1.165) is 13.1 Å². The molecule has 0 aliphatic carbocycles. The van der Waals surface area contributed by atoms with E-state index in [1.807, 2.05) is 0 Å². The first-order chi connectivity index (χ1) is 11.6. The molecule has 0 unspecified atom stereocenters. The number of anilines is 1. The summed E-state index contributed by atoms with van der Waals surface area (Å²) in [6, 6.07) is 6.14. The number of rotatable bonds is 4. The third-order valence-corrected chi connectivity index (χ3v) is 6.86. The van der Waals surface area contributed by atoms with Gasteiger partial charge >= 0.3 is 139 Å². The van der Waals surface area contributed by atoms with Crippen LogP contribution in [0.3, 0.4) is 0 Å². The molecule has 0 saturated carbocycles. The van der Waals surface area contributed by atoms with Crippen molar-refractivity contribution >= 4 is 33.0 Å². The van der Waals surface area contributed by atoms with Crippen LogP contribution >= 0.6 is 0 Å². The Morgan fingerprint density at radius 3 is 2.88 bits per heavy atom. The predicted molar refractivity (Wildman–Crippen MR) is 86.2 cm³/mol. The van der Waals surface area contributed by atoms with Crippen LogP contribution in [-0.2, 0) is 0 Å². The zero-order valence-corrected chi connectivity index (χ0v) is 15.6. The number of carbonyl (C=O) groups excluding carboxylic acids is 1. The summed E-state index contributed by atoms with van der Waals surface area (Å²) in [5.74, 6) is 0.492. The van der Waals surface area contributed by atoms with Crippen molar-refractivity contribution in [3.05, 3.63) is 36.8 Å². The van der Waals surface area contributed by atoms with Crippen molar-refractivity contribution in [3.63, 3.8) is 0 Å². The quantitative estimate of drug-likeness (QED) is 0.743. The molecule has 1 aromatic heterocycles. The molecule has 2 radical (unpaired) electrons. The van der Waals surface area contributed by atoms with E-state index < -0.39 is 6.61 Å². The summed E-state index contributed by atoms with van der Waals surface area (Å²) in [7, 11) is 0. The molecule has 2 heterocycles. The van der Waals surface area contributed by atoms with Crippen molar-refractivity contribution in [1.29, 1.82) is 0 Å². The first kappa shape index (κ1) is 17.0. The maximum absolute atomic E-state index is 12.3. The van der Waals surface area contributed by atoms with E-state index in [-0.39, 0.29) is 32.9 Å². The summed E-state index contributed by atoms with van der Waals surface area (Å²) in [4.78, 5) is 18.1. The second kappa shape index (κ2) is 7.82. The van der Waals surface area contributed by atoms with Crippen molar-refractivity contribution in [2.45, 2.75) is 15.5 Å². The number of amides is 2. The van der Waals surface area contributed by atoms with Crippen LogP contribution in [0.15, 0.2) is 36.8 Å². The Morgan fingerprint density at radius 2 is 2.12 bits per heavy atom. The number of aromatic nitrogens is 2. The summed E-state index contributed by atoms with van der Waals surface area (Å²) in [6.45, 7) is -1.22. The third kappa shape index (κ3) is 4.37. The number of hydrogen-bond acceptors (Lipinski definition) is 3. The van der Waals surface area contributed by atoms with Gasteiger partial charge in [-0.25, -0.2) is 0 Å². The molecule has 0 bridgehead atoms. The Kier molecular flexibility index (Phi) is 5.54.